The highest BCUT2D eigenvalue weighted by Crippen LogP contribution is 2.27. The number of carbonyl (C=O) groups is 1. The lowest BCUT2D eigenvalue weighted by Crippen LogP contribution is -2.17. The Hall–Kier alpha value is -2.16. The third-order valence-electron chi connectivity index (χ3n) is 3.31. The summed E-state index contributed by atoms with van der Waals surface area (Å²) in [4.78, 5) is 12.2. The van der Waals surface area contributed by atoms with Gasteiger partial charge in [0.05, 0.1) is 4.91 Å². The number of nitrogens with one attached hydrogen (secondary N) is 1. The molecule has 3 rings (SSSR count). The Bertz CT molecular complexity index is 979. The van der Waals surface area contributed by atoms with Gasteiger partial charge in [-0.1, -0.05) is 53.8 Å². The maximum Gasteiger partial charge on any atom is 0.339 e. The first-order valence-electron chi connectivity index (χ1n) is 7.19. The normalized spacial score (nSPS) is 16.1. The van der Waals surface area contributed by atoms with Gasteiger partial charge in [0.1, 0.15) is 15.0 Å². The van der Waals surface area contributed by atoms with Gasteiger partial charge in [-0.2, -0.15) is 8.42 Å². The molecule has 1 aliphatic rings. The third kappa shape index (κ3) is 4.28. The summed E-state index contributed by atoms with van der Waals surface area (Å²) in [7, 11) is -3.92. The zero-order chi connectivity index (χ0) is 18.0. The molecule has 0 spiro atoms. The molecule has 0 bridgehead atoms. The molecule has 25 heavy (non-hydrogen) atoms. The van der Waals surface area contributed by atoms with E-state index in [2.05, 4.69) is 5.32 Å². The minimum Gasteiger partial charge on any atom is -0.379 e. The van der Waals surface area contributed by atoms with Crippen LogP contribution in [-0.2, 0) is 14.9 Å². The lowest BCUT2D eigenvalue weighted by molar-refractivity contribution is -0.115. The van der Waals surface area contributed by atoms with Crippen LogP contribution in [0.3, 0.4) is 0 Å². The second-order valence-electron chi connectivity index (χ2n) is 5.28. The number of amides is 1. The summed E-state index contributed by atoms with van der Waals surface area (Å²) >= 11 is 6.09. The van der Waals surface area contributed by atoms with Gasteiger partial charge in [0.2, 0.25) is 0 Å². The summed E-state index contributed by atoms with van der Waals surface area (Å²) in [6.07, 6.45) is 1.63. The standard InChI is InChI=1S/C17H13NO4S3/c1-11-5-7-14(8-6-11)25(20,21)22-13-4-2-3-12(9-13)10-15-16(19)18-17(23)24-15/h2-10H,1H3,(H,18,19,23). The highest BCUT2D eigenvalue weighted by molar-refractivity contribution is 8.26. The van der Waals surface area contributed by atoms with E-state index >= 15 is 0 Å². The first kappa shape index (κ1) is 17.7. The largest absolute Gasteiger partial charge is 0.379 e. The fourth-order valence-electron chi connectivity index (χ4n) is 2.11. The van der Waals surface area contributed by atoms with Crippen LogP contribution < -0.4 is 9.50 Å². The van der Waals surface area contributed by atoms with Crippen LogP contribution in [0.25, 0.3) is 6.08 Å². The van der Waals surface area contributed by atoms with E-state index in [-0.39, 0.29) is 16.6 Å². The summed E-state index contributed by atoms with van der Waals surface area (Å²) in [5.41, 5.74) is 1.59. The molecule has 2 aromatic carbocycles. The Labute approximate surface area is 155 Å². The van der Waals surface area contributed by atoms with E-state index in [9.17, 15) is 13.2 Å². The van der Waals surface area contributed by atoms with Crippen molar-refractivity contribution in [1.29, 1.82) is 0 Å². The summed E-state index contributed by atoms with van der Waals surface area (Å²) in [5.74, 6) is -0.102. The number of hydrogen-bond donors (Lipinski definition) is 1. The van der Waals surface area contributed by atoms with Crippen molar-refractivity contribution in [3.63, 3.8) is 0 Å². The van der Waals surface area contributed by atoms with Crippen LogP contribution in [0.4, 0.5) is 0 Å². The number of benzene rings is 2. The van der Waals surface area contributed by atoms with E-state index in [0.29, 0.717) is 14.8 Å². The number of thioether (sulfide) groups is 1. The molecule has 0 radical (unpaired) electrons. The Morgan fingerprint density at radius 1 is 1.16 bits per heavy atom. The van der Waals surface area contributed by atoms with Gasteiger partial charge in [0.15, 0.2) is 0 Å². The molecule has 0 saturated carbocycles. The molecule has 0 aliphatic carbocycles. The van der Waals surface area contributed by atoms with Crippen molar-refractivity contribution in [2.75, 3.05) is 0 Å². The Morgan fingerprint density at radius 3 is 2.52 bits per heavy atom. The van der Waals surface area contributed by atoms with E-state index in [1.54, 1.807) is 42.5 Å². The molecule has 1 amide bonds. The zero-order valence-corrected chi connectivity index (χ0v) is 15.5. The summed E-state index contributed by atoms with van der Waals surface area (Å²) in [6.45, 7) is 1.87. The van der Waals surface area contributed by atoms with Gasteiger partial charge in [-0.05, 0) is 42.8 Å². The lowest BCUT2D eigenvalue weighted by atomic mass is 10.2. The van der Waals surface area contributed by atoms with Gasteiger partial charge in [0.25, 0.3) is 5.91 Å². The van der Waals surface area contributed by atoms with E-state index < -0.39 is 10.1 Å². The van der Waals surface area contributed by atoms with Crippen LogP contribution in [0.5, 0.6) is 5.75 Å². The van der Waals surface area contributed by atoms with E-state index in [0.717, 1.165) is 17.3 Å². The Morgan fingerprint density at radius 2 is 1.88 bits per heavy atom. The predicted octanol–water partition coefficient (Wildman–Crippen LogP) is 3.25. The number of aryl methyl sites for hydroxylation is 1. The molecule has 1 aliphatic heterocycles. The van der Waals surface area contributed by atoms with Crippen molar-refractivity contribution in [3.8, 4) is 5.75 Å². The smallest absolute Gasteiger partial charge is 0.339 e. The van der Waals surface area contributed by atoms with Gasteiger partial charge in [-0.15, -0.1) is 0 Å². The SMILES string of the molecule is Cc1ccc(S(=O)(=O)Oc2cccc(C=C3SC(=S)NC3=O)c2)cc1. The molecule has 5 nitrogen and oxygen atoms in total. The van der Waals surface area contributed by atoms with Gasteiger partial charge in [0, 0.05) is 0 Å². The van der Waals surface area contributed by atoms with Crippen LogP contribution in [-0.4, -0.2) is 18.6 Å². The fourth-order valence-corrected chi connectivity index (χ4v) is 4.08. The molecule has 128 valence electrons. The zero-order valence-electron chi connectivity index (χ0n) is 13.1. The second-order valence-corrected chi connectivity index (χ2v) is 8.54. The van der Waals surface area contributed by atoms with Crippen molar-refractivity contribution in [2.45, 2.75) is 11.8 Å². The van der Waals surface area contributed by atoms with Crippen LogP contribution in [0, 0.1) is 6.92 Å². The predicted molar refractivity (Wildman–Crippen MR) is 102 cm³/mol. The number of carbonyl (C=O) groups excluding carboxylic acids is 1. The van der Waals surface area contributed by atoms with E-state index in [1.165, 1.54) is 12.1 Å². The highest BCUT2D eigenvalue weighted by atomic mass is 32.2. The second kappa shape index (κ2) is 6.99. The minimum atomic E-state index is -3.92. The highest BCUT2D eigenvalue weighted by Gasteiger charge is 2.22. The Kier molecular flexibility index (Phi) is 4.94. The van der Waals surface area contributed by atoms with Gasteiger partial charge in [-0.25, -0.2) is 0 Å². The van der Waals surface area contributed by atoms with Crippen molar-refractivity contribution in [3.05, 3.63) is 64.6 Å². The minimum absolute atomic E-state index is 0.0814. The molecule has 0 aromatic heterocycles. The van der Waals surface area contributed by atoms with E-state index in [1.807, 2.05) is 6.92 Å². The molecule has 1 fully saturated rings. The quantitative estimate of drug-likeness (QED) is 0.490. The lowest BCUT2D eigenvalue weighted by Gasteiger charge is -2.08. The van der Waals surface area contributed by atoms with Crippen molar-refractivity contribution in [2.24, 2.45) is 0 Å². The maximum atomic E-state index is 12.3. The Balaban J connectivity index is 1.85. The average Bonchev–Trinajstić information content (AvgIpc) is 2.85. The molecular formula is C17H13NO4S3. The molecule has 1 heterocycles. The first-order valence-corrected chi connectivity index (χ1v) is 9.83. The van der Waals surface area contributed by atoms with Gasteiger partial charge < -0.3 is 9.50 Å². The maximum absolute atomic E-state index is 12.3. The van der Waals surface area contributed by atoms with Crippen molar-refractivity contribution < 1.29 is 17.4 Å². The number of thiocarbonyl (C=S) groups is 1. The molecule has 0 atom stereocenters. The fraction of sp³-hybridized carbons (Fsp3) is 0.0588. The molecule has 1 N–H and O–H groups in total. The molecule has 2 aromatic rings. The molecule has 0 unspecified atom stereocenters. The van der Waals surface area contributed by atoms with Crippen molar-refractivity contribution in [1.82, 2.24) is 5.32 Å². The van der Waals surface area contributed by atoms with Crippen LogP contribution in [0.1, 0.15) is 11.1 Å². The average molecular weight is 391 g/mol. The first-order chi connectivity index (χ1) is 11.8. The molecule has 8 heteroatoms. The van der Waals surface area contributed by atoms with Crippen LogP contribution in [0.2, 0.25) is 0 Å². The molecular weight excluding hydrogens is 378 g/mol. The third-order valence-corrected chi connectivity index (χ3v) is 5.74. The van der Waals surface area contributed by atoms with Crippen LogP contribution >= 0.6 is 24.0 Å². The summed E-state index contributed by atoms with van der Waals surface area (Å²) in [6, 6.07) is 12.9. The van der Waals surface area contributed by atoms with Crippen molar-refractivity contribution >= 4 is 50.4 Å². The number of rotatable bonds is 4. The van der Waals surface area contributed by atoms with Crippen LogP contribution in [0.15, 0.2) is 58.3 Å². The van der Waals surface area contributed by atoms with E-state index in [4.69, 9.17) is 16.4 Å². The van der Waals surface area contributed by atoms with Gasteiger partial charge >= 0.3 is 10.1 Å². The monoisotopic (exact) mass is 391 g/mol. The van der Waals surface area contributed by atoms with Gasteiger partial charge in [-0.3, -0.25) is 4.79 Å². The topological polar surface area (TPSA) is 72.5 Å². The number of hydrogen-bond acceptors (Lipinski definition) is 6. The summed E-state index contributed by atoms with van der Waals surface area (Å²) < 4.78 is 30.3. The summed E-state index contributed by atoms with van der Waals surface area (Å²) in [5, 5.41) is 2.53. The molecule has 1 saturated heterocycles.